The molecule has 0 aliphatic carbocycles. The maximum Gasteiger partial charge on any atom is 0.335 e. The minimum Gasteiger partial charge on any atom is -0.478 e. The van der Waals surface area contributed by atoms with Gasteiger partial charge in [0.25, 0.3) is 0 Å². The summed E-state index contributed by atoms with van der Waals surface area (Å²) in [5, 5.41) is 17.9. The predicted octanol–water partition coefficient (Wildman–Crippen LogP) is 4.01. The molecule has 0 unspecified atom stereocenters. The van der Waals surface area contributed by atoms with Crippen molar-refractivity contribution in [1.82, 2.24) is 0 Å². The normalized spacial score (nSPS) is 9.89. The number of rotatable bonds is 3. The molecule has 0 saturated heterocycles. The van der Waals surface area contributed by atoms with Crippen LogP contribution in [0.5, 0.6) is 0 Å². The summed E-state index contributed by atoms with van der Waals surface area (Å²) in [5.41, 5.74) is 0.881. The summed E-state index contributed by atoms with van der Waals surface area (Å²) in [6, 6.07) is 14.4. The smallest absolute Gasteiger partial charge is 0.335 e. The SMILES string of the molecule is N#Cc1cc(I)ccc1Sc1ccc(C(=O)O)cc1. The van der Waals surface area contributed by atoms with Crippen molar-refractivity contribution < 1.29 is 9.90 Å². The van der Waals surface area contributed by atoms with E-state index in [9.17, 15) is 4.79 Å². The van der Waals surface area contributed by atoms with Crippen LogP contribution in [-0.2, 0) is 0 Å². The summed E-state index contributed by atoms with van der Waals surface area (Å²) in [6.45, 7) is 0. The zero-order chi connectivity index (χ0) is 13.8. The first kappa shape index (κ1) is 13.9. The lowest BCUT2D eigenvalue weighted by atomic mass is 10.2. The highest BCUT2D eigenvalue weighted by Gasteiger charge is 2.06. The fraction of sp³-hybridized carbons (Fsp3) is 0. The number of nitrogens with zero attached hydrogens (tertiary/aromatic N) is 1. The fourth-order valence-electron chi connectivity index (χ4n) is 1.47. The van der Waals surface area contributed by atoms with Crippen molar-refractivity contribution in [3.63, 3.8) is 0 Å². The molecule has 0 aliphatic heterocycles. The third-order valence-corrected chi connectivity index (χ3v) is 4.15. The number of carboxylic acid groups (broad SMARTS) is 1. The van der Waals surface area contributed by atoms with Crippen molar-refractivity contribution in [3.8, 4) is 6.07 Å². The topological polar surface area (TPSA) is 61.1 Å². The number of benzene rings is 2. The van der Waals surface area contributed by atoms with Crippen LogP contribution in [-0.4, -0.2) is 11.1 Å². The quantitative estimate of drug-likeness (QED) is 0.817. The van der Waals surface area contributed by atoms with E-state index in [1.54, 1.807) is 24.3 Å². The summed E-state index contributed by atoms with van der Waals surface area (Å²) < 4.78 is 1.01. The summed E-state index contributed by atoms with van der Waals surface area (Å²) in [4.78, 5) is 12.5. The lowest BCUT2D eigenvalue weighted by Crippen LogP contribution is -1.94. The first-order valence-corrected chi connectivity index (χ1v) is 7.20. The third-order valence-electron chi connectivity index (χ3n) is 2.39. The van der Waals surface area contributed by atoms with Crippen LogP contribution in [0.25, 0.3) is 0 Å². The Morgan fingerprint density at radius 2 is 1.89 bits per heavy atom. The Morgan fingerprint density at radius 3 is 2.47 bits per heavy atom. The molecular formula is C14H8INO2S. The van der Waals surface area contributed by atoms with E-state index in [0.717, 1.165) is 13.4 Å². The molecule has 19 heavy (non-hydrogen) atoms. The molecular weight excluding hydrogens is 373 g/mol. The number of halogens is 1. The molecule has 2 rings (SSSR count). The zero-order valence-corrected chi connectivity index (χ0v) is 12.6. The van der Waals surface area contributed by atoms with Crippen LogP contribution in [0.3, 0.4) is 0 Å². The molecule has 0 saturated carbocycles. The van der Waals surface area contributed by atoms with Gasteiger partial charge in [0.2, 0.25) is 0 Å². The van der Waals surface area contributed by atoms with Crippen LogP contribution < -0.4 is 0 Å². The second-order valence-corrected chi connectivity index (χ2v) is 6.04. The van der Waals surface area contributed by atoms with Crippen LogP contribution in [0.2, 0.25) is 0 Å². The molecule has 2 aromatic carbocycles. The first-order valence-electron chi connectivity index (χ1n) is 5.31. The molecule has 94 valence electrons. The molecule has 2 aromatic rings. The van der Waals surface area contributed by atoms with E-state index in [0.29, 0.717) is 5.56 Å². The van der Waals surface area contributed by atoms with Gasteiger partial charge in [-0.15, -0.1) is 0 Å². The molecule has 0 spiro atoms. The predicted molar refractivity (Wildman–Crippen MR) is 81.4 cm³/mol. The van der Waals surface area contributed by atoms with Gasteiger partial charge in [-0.1, -0.05) is 11.8 Å². The van der Waals surface area contributed by atoms with Gasteiger partial charge in [0.15, 0.2) is 0 Å². The molecule has 0 aliphatic rings. The monoisotopic (exact) mass is 381 g/mol. The zero-order valence-electron chi connectivity index (χ0n) is 9.63. The summed E-state index contributed by atoms with van der Waals surface area (Å²) in [5.74, 6) is -0.941. The van der Waals surface area contributed by atoms with Crippen molar-refractivity contribution in [3.05, 3.63) is 57.2 Å². The number of aromatic carboxylic acids is 1. The van der Waals surface area contributed by atoms with Crippen LogP contribution in [0.1, 0.15) is 15.9 Å². The van der Waals surface area contributed by atoms with E-state index in [-0.39, 0.29) is 5.56 Å². The molecule has 0 heterocycles. The van der Waals surface area contributed by atoms with Crippen molar-refractivity contribution in [2.75, 3.05) is 0 Å². The lowest BCUT2D eigenvalue weighted by Gasteiger charge is -2.04. The average molecular weight is 381 g/mol. The third kappa shape index (κ3) is 3.49. The van der Waals surface area contributed by atoms with E-state index in [2.05, 4.69) is 28.7 Å². The van der Waals surface area contributed by atoms with Gasteiger partial charge in [0.05, 0.1) is 11.1 Å². The number of hydrogen-bond acceptors (Lipinski definition) is 3. The van der Waals surface area contributed by atoms with Crippen LogP contribution >= 0.6 is 34.4 Å². The highest BCUT2D eigenvalue weighted by Crippen LogP contribution is 2.31. The van der Waals surface area contributed by atoms with Gasteiger partial charge in [-0.2, -0.15) is 5.26 Å². The van der Waals surface area contributed by atoms with Crippen LogP contribution in [0.4, 0.5) is 0 Å². The van der Waals surface area contributed by atoms with Gasteiger partial charge in [-0.25, -0.2) is 4.79 Å². The Hall–Kier alpha value is -1.52. The maximum atomic E-state index is 10.8. The molecule has 0 fully saturated rings. The van der Waals surface area contributed by atoms with E-state index >= 15 is 0 Å². The van der Waals surface area contributed by atoms with Gasteiger partial charge >= 0.3 is 5.97 Å². The standard InChI is InChI=1S/C14H8INO2S/c15-11-3-6-13(10(7-11)8-16)19-12-4-1-9(2-5-12)14(17)18/h1-7H,(H,17,18). The van der Waals surface area contributed by atoms with Crippen molar-refractivity contribution >= 4 is 40.3 Å². The fourth-order valence-corrected chi connectivity index (χ4v) is 2.84. The minimum atomic E-state index is -0.941. The number of hydrogen-bond donors (Lipinski definition) is 1. The van der Waals surface area contributed by atoms with E-state index in [1.807, 2.05) is 18.2 Å². The number of carboxylic acids is 1. The van der Waals surface area contributed by atoms with E-state index < -0.39 is 5.97 Å². The number of carbonyl (C=O) groups is 1. The summed E-state index contributed by atoms with van der Waals surface area (Å²) in [6.07, 6.45) is 0. The van der Waals surface area contributed by atoms with Gasteiger partial charge in [0, 0.05) is 13.4 Å². The Kier molecular flexibility index (Phi) is 4.45. The molecule has 0 atom stereocenters. The van der Waals surface area contributed by atoms with Crippen molar-refractivity contribution in [2.45, 2.75) is 9.79 Å². The molecule has 0 amide bonds. The molecule has 0 bridgehead atoms. The summed E-state index contributed by atoms with van der Waals surface area (Å²) in [7, 11) is 0. The number of nitriles is 1. The molecule has 5 heteroatoms. The Bertz CT molecular complexity index is 662. The van der Waals surface area contributed by atoms with Crippen LogP contribution in [0.15, 0.2) is 52.3 Å². The largest absolute Gasteiger partial charge is 0.478 e. The maximum absolute atomic E-state index is 10.8. The lowest BCUT2D eigenvalue weighted by molar-refractivity contribution is 0.0697. The van der Waals surface area contributed by atoms with Crippen molar-refractivity contribution in [1.29, 1.82) is 5.26 Å². The Labute approximate surface area is 128 Å². The molecule has 0 radical (unpaired) electrons. The van der Waals surface area contributed by atoms with E-state index in [4.69, 9.17) is 10.4 Å². The van der Waals surface area contributed by atoms with Gasteiger partial charge in [-0.3, -0.25) is 0 Å². The average Bonchev–Trinajstić information content (AvgIpc) is 2.41. The highest BCUT2D eigenvalue weighted by atomic mass is 127. The Balaban J connectivity index is 2.26. The molecule has 1 N–H and O–H groups in total. The van der Waals surface area contributed by atoms with Crippen molar-refractivity contribution in [2.24, 2.45) is 0 Å². The van der Waals surface area contributed by atoms with Gasteiger partial charge < -0.3 is 5.11 Å². The Morgan fingerprint density at radius 1 is 1.21 bits per heavy atom. The first-order chi connectivity index (χ1) is 9.10. The second kappa shape index (κ2) is 6.08. The highest BCUT2D eigenvalue weighted by molar-refractivity contribution is 14.1. The second-order valence-electron chi connectivity index (χ2n) is 3.68. The minimum absolute atomic E-state index is 0.257. The van der Waals surface area contributed by atoms with Gasteiger partial charge in [-0.05, 0) is 65.1 Å². The van der Waals surface area contributed by atoms with E-state index in [1.165, 1.54) is 11.8 Å². The van der Waals surface area contributed by atoms with Gasteiger partial charge in [0.1, 0.15) is 6.07 Å². The van der Waals surface area contributed by atoms with Crippen LogP contribution in [0, 0.1) is 14.9 Å². The molecule has 0 aromatic heterocycles. The molecule has 3 nitrogen and oxygen atoms in total. The summed E-state index contributed by atoms with van der Waals surface area (Å²) >= 11 is 3.61.